The van der Waals surface area contributed by atoms with Crippen LogP contribution in [-0.2, 0) is 6.54 Å². The molecule has 1 aromatic carbocycles. The van der Waals surface area contributed by atoms with E-state index in [0.717, 1.165) is 36.2 Å². The number of carbonyl (C=O) groups excluding carboxylic acids is 1. The Morgan fingerprint density at radius 2 is 1.89 bits per heavy atom. The first-order chi connectivity index (χ1) is 13.7. The first-order valence-electron chi connectivity index (χ1n) is 9.63. The number of benzene rings is 1. The maximum atomic E-state index is 12.5. The minimum absolute atomic E-state index is 0.335. The van der Waals surface area contributed by atoms with Crippen molar-refractivity contribution in [1.82, 2.24) is 19.7 Å². The summed E-state index contributed by atoms with van der Waals surface area (Å²) in [5, 5.41) is 4.43. The molecule has 0 radical (unpaired) electrons. The van der Waals surface area contributed by atoms with Crippen LogP contribution < -0.4 is 4.74 Å². The Labute approximate surface area is 165 Å². The maximum Gasteiger partial charge on any atom is 0.415 e. The average molecular weight is 378 g/mol. The number of hydrogen-bond donors (Lipinski definition) is 0. The molecule has 1 amide bonds. The van der Waals surface area contributed by atoms with Crippen molar-refractivity contribution >= 4 is 6.09 Å². The second kappa shape index (κ2) is 9.69. The van der Waals surface area contributed by atoms with E-state index >= 15 is 0 Å². The summed E-state index contributed by atoms with van der Waals surface area (Å²) >= 11 is 0. The molecule has 0 aliphatic rings. The van der Waals surface area contributed by atoms with Crippen molar-refractivity contribution in [3.05, 3.63) is 66.7 Å². The van der Waals surface area contributed by atoms with Crippen molar-refractivity contribution in [2.24, 2.45) is 0 Å². The zero-order valence-corrected chi connectivity index (χ0v) is 16.4. The fourth-order valence-electron chi connectivity index (χ4n) is 2.93. The molecular formula is C22H26N4O2. The number of nitrogens with zero attached hydrogens (tertiary/aromatic N) is 4. The van der Waals surface area contributed by atoms with Crippen molar-refractivity contribution in [2.75, 3.05) is 13.1 Å². The summed E-state index contributed by atoms with van der Waals surface area (Å²) in [5.74, 6) is 0.469. The number of pyridine rings is 1. The van der Waals surface area contributed by atoms with Crippen molar-refractivity contribution in [3.8, 4) is 16.9 Å². The van der Waals surface area contributed by atoms with Crippen LogP contribution in [0.5, 0.6) is 5.75 Å². The lowest BCUT2D eigenvalue weighted by Gasteiger charge is -2.21. The van der Waals surface area contributed by atoms with Gasteiger partial charge in [0.1, 0.15) is 0 Å². The van der Waals surface area contributed by atoms with Crippen molar-refractivity contribution in [3.63, 3.8) is 0 Å². The van der Waals surface area contributed by atoms with Crippen LogP contribution in [0.1, 0.15) is 25.5 Å². The van der Waals surface area contributed by atoms with Crippen LogP contribution in [0.25, 0.3) is 11.1 Å². The number of rotatable bonds is 8. The van der Waals surface area contributed by atoms with Gasteiger partial charge in [-0.15, -0.1) is 0 Å². The molecule has 2 aromatic heterocycles. The van der Waals surface area contributed by atoms with Crippen LogP contribution >= 0.6 is 0 Å². The van der Waals surface area contributed by atoms with E-state index in [1.54, 1.807) is 17.2 Å². The van der Waals surface area contributed by atoms with Gasteiger partial charge in [-0.25, -0.2) is 4.79 Å². The summed E-state index contributed by atoms with van der Waals surface area (Å²) < 4.78 is 7.37. The Kier molecular flexibility index (Phi) is 6.78. The third kappa shape index (κ3) is 5.42. The molecule has 0 saturated carbocycles. The molecule has 3 rings (SSSR count). The SMILES string of the molecule is CCCN(CCCn1cc(-c2ccccc2)cn1)C(=O)Oc1ccc(C)nc1. The van der Waals surface area contributed by atoms with Gasteiger partial charge in [0.05, 0.1) is 12.4 Å². The number of ether oxygens (including phenoxy) is 1. The average Bonchev–Trinajstić information content (AvgIpc) is 3.19. The molecule has 0 unspecified atom stereocenters. The minimum Gasteiger partial charge on any atom is -0.409 e. The lowest BCUT2D eigenvalue weighted by Crippen LogP contribution is -2.35. The molecule has 0 bridgehead atoms. The van der Waals surface area contributed by atoms with Crippen molar-refractivity contribution in [1.29, 1.82) is 0 Å². The fourth-order valence-corrected chi connectivity index (χ4v) is 2.93. The Balaban J connectivity index is 1.52. The molecule has 0 N–H and O–H groups in total. The minimum atomic E-state index is -0.335. The monoisotopic (exact) mass is 378 g/mol. The van der Waals surface area contributed by atoms with Gasteiger partial charge in [-0.05, 0) is 37.5 Å². The van der Waals surface area contributed by atoms with E-state index in [4.69, 9.17) is 4.74 Å². The van der Waals surface area contributed by atoms with E-state index < -0.39 is 0 Å². The van der Waals surface area contributed by atoms with Gasteiger partial charge >= 0.3 is 6.09 Å². The second-order valence-corrected chi connectivity index (χ2v) is 6.70. The lowest BCUT2D eigenvalue weighted by atomic mass is 10.1. The zero-order valence-electron chi connectivity index (χ0n) is 16.4. The van der Waals surface area contributed by atoms with E-state index in [9.17, 15) is 4.79 Å². The van der Waals surface area contributed by atoms with Crippen LogP contribution in [0.4, 0.5) is 4.79 Å². The van der Waals surface area contributed by atoms with E-state index in [1.807, 2.05) is 55.2 Å². The highest BCUT2D eigenvalue weighted by molar-refractivity contribution is 5.70. The van der Waals surface area contributed by atoms with Crippen LogP contribution in [0.3, 0.4) is 0 Å². The fraction of sp³-hybridized carbons (Fsp3) is 0.318. The third-order valence-electron chi connectivity index (χ3n) is 4.40. The van der Waals surface area contributed by atoms with Gasteiger partial charge in [0.25, 0.3) is 0 Å². The molecule has 0 aliphatic carbocycles. The molecule has 0 aliphatic heterocycles. The zero-order chi connectivity index (χ0) is 19.8. The first-order valence-corrected chi connectivity index (χ1v) is 9.63. The number of carbonyl (C=O) groups is 1. The topological polar surface area (TPSA) is 60.2 Å². The number of amides is 1. The standard InChI is InChI=1S/C22H26N4O2/c1-3-12-25(22(27)28-21-11-10-18(2)23-16-21)13-7-14-26-17-20(15-24-26)19-8-5-4-6-9-19/h4-6,8-11,15-17H,3,7,12-14H2,1-2H3. The molecule has 2 heterocycles. The number of hydrogen-bond acceptors (Lipinski definition) is 4. The highest BCUT2D eigenvalue weighted by Gasteiger charge is 2.15. The van der Waals surface area contributed by atoms with E-state index in [-0.39, 0.29) is 6.09 Å². The lowest BCUT2D eigenvalue weighted by molar-refractivity contribution is 0.150. The smallest absolute Gasteiger partial charge is 0.409 e. The van der Waals surface area contributed by atoms with Gasteiger partial charge < -0.3 is 9.64 Å². The molecule has 0 saturated heterocycles. The summed E-state index contributed by atoms with van der Waals surface area (Å²) in [6.45, 7) is 5.96. The summed E-state index contributed by atoms with van der Waals surface area (Å²) in [6, 6.07) is 13.8. The molecule has 28 heavy (non-hydrogen) atoms. The quantitative estimate of drug-likeness (QED) is 0.577. The predicted molar refractivity (Wildman–Crippen MR) is 109 cm³/mol. The molecule has 0 atom stereocenters. The Morgan fingerprint density at radius 3 is 2.61 bits per heavy atom. The van der Waals surface area contributed by atoms with E-state index in [2.05, 4.69) is 22.2 Å². The van der Waals surface area contributed by atoms with Crippen LogP contribution in [0.15, 0.2) is 61.1 Å². The Bertz CT molecular complexity index is 875. The molecule has 3 aromatic rings. The van der Waals surface area contributed by atoms with Gasteiger partial charge in [0.2, 0.25) is 0 Å². The molecule has 6 nitrogen and oxygen atoms in total. The normalized spacial score (nSPS) is 10.6. The van der Waals surface area contributed by atoms with Crippen LogP contribution in [0.2, 0.25) is 0 Å². The maximum absolute atomic E-state index is 12.5. The largest absolute Gasteiger partial charge is 0.415 e. The Morgan fingerprint density at radius 1 is 1.07 bits per heavy atom. The van der Waals surface area contributed by atoms with Gasteiger partial charge in [0.15, 0.2) is 5.75 Å². The highest BCUT2D eigenvalue weighted by Crippen LogP contribution is 2.17. The first kappa shape index (κ1) is 19.6. The Hall–Kier alpha value is -3.15. The van der Waals surface area contributed by atoms with Crippen LogP contribution in [-0.4, -0.2) is 38.8 Å². The van der Waals surface area contributed by atoms with Gasteiger partial charge in [-0.3, -0.25) is 9.67 Å². The molecular weight excluding hydrogens is 352 g/mol. The highest BCUT2D eigenvalue weighted by atomic mass is 16.6. The summed E-state index contributed by atoms with van der Waals surface area (Å²) in [4.78, 5) is 18.4. The van der Waals surface area contributed by atoms with Gasteiger partial charge in [-0.1, -0.05) is 37.3 Å². The second-order valence-electron chi connectivity index (χ2n) is 6.70. The molecule has 0 spiro atoms. The molecule has 0 fully saturated rings. The summed E-state index contributed by atoms with van der Waals surface area (Å²) in [6.07, 6.45) is 6.83. The summed E-state index contributed by atoms with van der Waals surface area (Å²) in [7, 11) is 0. The molecule has 146 valence electrons. The van der Waals surface area contributed by atoms with E-state index in [0.29, 0.717) is 18.8 Å². The van der Waals surface area contributed by atoms with Crippen molar-refractivity contribution < 1.29 is 9.53 Å². The number of aryl methyl sites for hydroxylation is 2. The summed E-state index contributed by atoms with van der Waals surface area (Å²) in [5.41, 5.74) is 3.13. The van der Waals surface area contributed by atoms with Gasteiger partial charge in [-0.2, -0.15) is 5.10 Å². The predicted octanol–water partition coefficient (Wildman–Crippen LogP) is 4.55. The number of aromatic nitrogens is 3. The van der Waals surface area contributed by atoms with Crippen LogP contribution in [0, 0.1) is 6.92 Å². The van der Waals surface area contributed by atoms with E-state index in [1.165, 1.54) is 0 Å². The molecule has 6 heteroatoms. The third-order valence-corrected chi connectivity index (χ3v) is 4.40. The van der Waals surface area contributed by atoms with Crippen molar-refractivity contribution in [2.45, 2.75) is 33.2 Å². The van der Waals surface area contributed by atoms with Gasteiger partial charge in [0, 0.05) is 37.1 Å².